The summed E-state index contributed by atoms with van der Waals surface area (Å²) in [7, 11) is 1.66. The number of aromatic nitrogens is 5. The van der Waals surface area contributed by atoms with Gasteiger partial charge < -0.3 is 19.3 Å². The van der Waals surface area contributed by atoms with Crippen molar-refractivity contribution in [1.29, 1.82) is 0 Å². The van der Waals surface area contributed by atoms with E-state index < -0.39 is 0 Å². The molecule has 0 atom stereocenters. The number of benzene rings is 1. The molecule has 30 heavy (non-hydrogen) atoms. The Kier molecular flexibility index (Phi) is 4.17. The quantitative estimate of drug-likeness (QED) is 0.479. The van der Waals surface area contributed by atoms with Gasteiger partial charge >= 0.3 is 0 Å². The number of hydrogen-bond acceptors (Lipinski definition) is 4. The van der Waals surface area contributed by atoms with E-state index in [1.165, 1.54) is 0 Å². The van der Waals surface area contributed by atoms with Gasteiger partial charge in [-0.15, -0.1) is 0 Å². The summed E-state index contributed by atoms with van der Waals surface area (Å²) < 4.78 is 7.40. The molecule has 150 valence electrons. The number of methoxy groups -OCH3 is 1. The lowest BCUT2D eigenvalue weighted by atomic mass is 10.1. The molecule has 0 spiro atoms. The topological polar surface area (TPSA) is 88.6 Å². The predicted octanol–water partition coefficient (Wildman–Crippen LogP) is 3.94. The van der Waals surface area contributed by atoms with Crippen LogP contribution in [0, 0.1) is 13.8 Å². The Morgan fingerprint density at radius 2 is 1.93 bits per heavy atom. The minimum Gasteiger partial charge on any atom is -0.497 e. The Bertz CT molecular complexity index is 1440. The number of ether oxygens (including phenoxy) is 1. The van der Waals surface area contributed by atoms with Gasteiger partial charge in [-0.25, -0.2) is 9.97 Å². The lowest BCUT2D eigenvalue weighted by Gasteiger charge is -2.09. The summed E-state index contributed by atoms with van der Waals surface area (Å²) in [6.07, 6.45) is 3.56. The van der Waals surface area contributed by atoms with Gasteiger partial charge in [0.1, 0.15) is 17.1 Å². The summed E-state index contributed by atoms with van der Waals surface area (Å²) in [5.74, 6) is 1.73. The van der Waals surface area contributed by atoms with Crippen molar-refractivity contribution < 1.29 is 4.74 Å². The normalized spacial score (nSPS) is 11.4. The Hall–Kier alpha value is -3.87. The van der Waals surface area contributed by atoms with Gasteiger partial charge in [0, 0.05) is 41.1 Å². The van der Waals surface area contributed by atoms with Crippen LogP contribution < -0.4 is 10.3 Å². The van der Waals surface area contributed by atoms with Crippen LogP contribution in [0.2, 0.25) is 0 Å². The second-order valence-corrected chi connectivity index (χ2v) is 7.43. The van der Waals surface area contributed by atoms with E-state index in [2.05, 4.69) is 42.7 Å². The number of pyridine rings is 2. The number of imidazole rings is 1. The zero-order valence-electron chi connectivity index (χ0n) is 17.0. The van der Waals surface area contributed by atoms with E-state index in [0.29, 0.717) is 17.7 Å². The summed E-state index contributed by atoms with van der Waals surface area (Å²) in [4.78, 5) is 27.3. The molecule has 0 aliphatic heterocycles. The molecule has 2 N–H and O–H groups in total. The van der Waals surface area contributed by atoms with Gasteiger partial charge in [-0.05, 0) is 43.7 Å². The predicted molar refractivity (Wildman–Crippen MR) is 117 cm³/mol. The molecular formula is C23H21N5O2. The number of aryl methyl sites for hydroxylation is 2. The van der Waals surface area contributed by atoms with E-state index in [9.17, 15) is 4.79 Å². The molecule has 5 rings (SSSR count). The van der Waals surface area contributed by atoms with Gasteiger partial charge in [-0.2, -0.15) is 0 Å². The number of H-pyrrole nitrogens is 2. The number of rotatable bonds is 4. The number of hydrogen-bond donors (Lipinski definition) is 2. The molecule has 7 heteroatoms. The molecule has 0 bridgehead atoms. The fourth-order valence-corrected chi connectivity index (χ4v) is 3.89. The minimum absolute atomic E-state index is 0.128. The Balaban J connectivity index is 1.63. The zero-order valence-corrected chi connectivity index (χ0v) is 17.0. The highest BCUT2D eigenvalue weighted by Crippen LogP contribution is 2.29. The Morgan fingerprint density at radius 3 is 2.70 bits per heavy atom. The highest BCUT2D eigenvalue weighted by Gasteiger charge is 2.14. The average Bonchev–Trinajstić information content (AvgIpc) is 3.29. The van der Waals surface area contributed by atoms with Gasteiger partial charge in [0.15, 0.2) is 5.65 Å². The largest absolute Gasteiger partial charge is 0.497 e. The van der Waals surface area contributed by atoms with Crippen molar-refractivity contribution in [3.05, 3.63) is 76.2 Å². The van der Waals surface area contributed by atoms with Crippen LogP contribution in [0.25, 0.3) is 33.2 Å². The number of nitrogens with one attached hydrogen (secondary N) is 2. The molecule has 0 saturated carbocycles. The van der Waals surface area contributed by atoms with Crippen LogP contribution in [0.4, 0.5) is 0 Å². The van der Waals surface area contributed by atoms with Crippen molar-refractivity contribution in [2.75, 3.05) is 7.11 Å². The second kappa shape index (κ2) is 6.88. The van der Waals surface area contributed by atoms with Crippen molar-refractivity contribution in [3.8, 4) is 16.9 Å². The third kappa shape index (κ3) is 2.95. The molecule has 0 fully saturated rings. The fourth-order valence-electron chi connectivity index (χ4n) is 3.89. The highest BCUT2D eigenvalue weighted by molar-refractivity contribution is 5.96. The summed E-state index contributed by atoms with van der Waals surface area (Å²) in [6.45, 7) is 4.61. The third-order valence-corrected chi connectivity index (χ3v) is 5.42. The van der Waals surface area contributed by atoms with Gasteiger partial charge in [0.25, 0.3) is 5.56 Å². The molecule has 7 nitrogen and oxygen atoms in total. The molecular weight excluding hydrogens is 378 g/mol. The maximum Gasteiger partial charge on any atom is 0.272 e. The van der Waals surface area contributed by atoms with Crippen molar-refractivity contribution in [3.63, 3.8) is 0 Å². The van der Waals surface area contributed by atoms with E-state index in [-0.39, 0.29) is 5.56 Å². The van der Waals surface area contributed by atoms with Crippen LogP contribution >= 0.6 is 0 Å². The molecule has 0 saturated heterocycles. The van der Waals surface area contributed by atoms with Gasteiger partial charge in [0.2, 0.25) is 0 Å². The number of nitrogens with zero attached hydrogens (tertiary/aromatic N) is 3. The first kappa shape index (κ1) is 18.2. The first-order chi connectivity index (χ1) is 14.5. The zero-order chi connectivity index (χ0) is 20.8. The smallest absolute Gasteiger partial charge is 0.272 e. The van der Waals surface area contributed by atoms with Crippen LogP contribution in [-0.2, 0) is 6.54 Å². The molecule has 5 aromatic rings. The van der Waals surface area contributed by atoms with E-state index >= 15 is 0 Å². The van der Waals surface area contributed by atoms with E-state index in [4.69, 9.17) is 4.74 Å². The van der Waals surface area contributed by atoms with Gasteiger partial charge in [-0.3, -0.25) is 4.79 Å². The van der Waals surface area contributed by atoms with E-state index in [1.54, 1.807) is 13.3 Å². The maximum atomic E-state index is 12.2. The van der Waals surface area contributed by atoms with Crippen LogP contribution in [0.1, 0.15) is 17.1 Å². The monoisotopic (exact) mass is 399 g/mol. The summed E-state index contributed by atoms with van der Waals surface area (Å²) in [5, 5.41) is 0.885. The van der Waals surface area contributed by atoms with E-state index in [1.807, 2.05) is 38.2 Å². The molecule has 4 heterocycles. The average molecular weight is 399 g/mol. The van der Waals surface area contributed by atoms with Gasteiger partial charge in [-0.1, -0.05) is 12.1 Å². The Morgan fingerprint density at radius 1 is 1.13 bits per heavy atom. The first-order valence-electron chi connectivity index (χ1n) is 9.70. The summed E-state index contributed by atoms with van der Waals surface area (Å²) in [5.41, 5.74) is 6.05. The van der Waals surface area contributed by atoms with Crippen LogP contribution in [0.5, 0.6) is 5.75 Å². The molecule has 0 unspecified atom stereocenters. The van der Waals surface area contributed by atoms with Crippen molar-refractivity contribution in [1.82, 2.24) is 24.5 Å². The maximum absolute atomic E-state index is 12.2. The number of fused-ring (bicyclic) bond motifs is 2. The molecule has 1 aromatic carbocycles. The van der Waals surface area contributed by atoms with Crippen molar-refractivity contribution in [2.45, 2.75) is 20.4 Å². The Labute approximate surface area is 172 Å². The standard InChI is InChI=1S/C23H21N5O2/c1-13-8-18-19(11-25-23(29)21(18)26-13)16-9-20-22(24-10-16)27-14(2)28(20)12-15-4-6-17(30-3)7-5-15/h4-11,26H,12H2,1-3H3,(H,25,29). The highest BCUT2D eigenvalue weighted by atomic mass is 16.5. The second-order valence-electron chi connectivity index (χ2n) is 7.43. The molecule has 0 aliphatic carbocycles. The fraction of sp³-hybridized carbons (Fsp3) is 0.174. The van der Waals surface area contributed by atoms with Crippen molar-refractivity contribution in [2.24, 2.45) is 0 Å². The minimum atomic E-state index is -0.128. The van der Waals surface area contributed by atoms with Crippen LogP contribution in [0.3, 0.4) is 0 Å². The molecule has 4 aromatic heterocycles. The van der Waals surface area contributed by atoms with Crippen LogP contribution in [0.15, 0.2) is 53.6 Å². The van der Waals surface area contributed by atoms with Gasteiger partial charge in [0.05, 0.1) is 12.6 Å². The molecule has 0 aliphatic rings. The van der Waals surface area contributed by atoms with Crippen molar-refractivity contribution >= 4 is 22.1 Å². The lowest BCUT2D eigenvalue weighted by molar-refractivity contribution is 0.414. The lowest BCUT2D eigenvalue weighted by Crippen LogP contribution is -2.06. The summed E-state index contributed by atoms with van der Waals surface area (Å²) >= 11 is 0. The third-order valence-electron chi connectivity index (χ3n) is 5.42. The SMILES string of the molecule is COc1ccc(Cn2c(C)nc3ncc(-c4c[nH]c(=O)c5[nH]c(C)cc45)cc32)cc1. The summed E-state index contributed by atoms with van der Waals surface area (Å²) in [6, 6.07) is 12.1. The van der Waals surface area contributed by atoms with E-state index in [0.717, 1.165) is 44.9 Å². The number of aromatic amines is 2. The molecule has 0 radical (unpaired) electrons. The first-order valence-corrected chi connectivity index (χ1v) is 9.70. The molecule has 0 amide bonds. The van der Waals surface area contributed by atoms with Crippen LogP contribution in [-0.4, -0.2) is 31.6 Å².